The van der Waals surface area contributed by atoms with Gasteiger partial charge in [-0.1, -0.05) is 124 Å². The highest BCUT2D eigenvalue weighted by Crippen LogP contribution is 2.60. The van der Waals surface area contributed by atoms with Crippen molar-refractivity contribution in [3.05, 3.63) is 138 Å². The number of nitriles is 2. The van der Waals surface area contributed by atoms with E-state index in [1.165, 1.54) is 48.5 Å². The van der Waals surface area contributed by atoms with Crippen LogP contribution in [0.1, 0.15) is 101 Å². The molecule has 4 aromatic rings. The minimum Gasteiger partial charge on any atom is -0.481 e. The maximum Gasteiger partial charge on any atom is 0.306 e. The van der Waals surface area contributed by atoms with Gasteiger partial charge in [-0.2, -0.15) is 10.5 Å². The molecule has 0 spiro atoms. The summed E-state index contributed by atoms with van der Waals surface area (Å²) in [6, 6.07) is 19.0. The second-order valence-corrected chi connectivity index (χ2v) is 24.5. The summed E-state index contributed by atoms with van der Waals surface area (Å²) in [6.45, 7) is 11.6. The average Bonchev–Trinajstić information content (AvgIpc) is 4.24. The normalized spacial score (nSPS) is 29.8. The van der Waals surface area contributed by atoms with Gasteiger partial charge in [0, 0.05) is 70.3 Å². The number of carbonyl (C=O) groups is 2. The number of nitrogens with zero attached hydrogens (tertiary/aromatic N) is 4. The lowest BCUT2D eigenvalue weighted by molar-refractivity contribution is -0.140. The second-order valence-electron chi connectivity index (χ2n) is 22.8. The lowest BCUT2D eigenvalue weighted by Gasteiger charge is -2.39. The molecule has 2 heterocycles. The fraction of sp³-hybridized carbons (Fsp3) is 0.500. The number of likely N-dealkylation sites (tertiary alicyclic amines) is 2. The molecule has 4 fully saturated rings. The van der Waals surface area contributed by atoms with Crippen molar-refractivity contribution >= 4 is 58.3 Å². The third-order valence-corrected chi connectivity index (χ3v) is 16.6. The number of hydrogen-bond acceptors (Lipinski definition) is 8. The highest BCUT2D eigenvalue weighted by Gasteiger charge is 2.65. The highest BCUT2D eigenvalue weighted by atomic mass is 35.5. The van der Waals surface area contributed by atoms with Gasteiger partial charge in [-0.3, -0.25) is 19.4 Å². The molecule has 2 aliphatic carbocycles. The van der Waals surface area contributed by atoms with Gasteiger partial charge in [0.25, 0.3) is 0 Å². The molecular weight excluding hydrogens is 1040 g/mol. The number of carboxylic acids is 2. The first-order valence-corrected chi connectivity index (χ1v) is 26.0. The number of carboxylic acid groups (broad SMARTS) is 2. The Morgan fingerprint density at radius 2 is 0.973 bits per heavy atom. The van der Waals surface area contributed by atoms with Gasteiger partial charge >= 0.3 is 11.9 Å². The second kappa shape index (κ2) is 21.9. The summed E-state index contributed by atoms with van der Waals surface area (Å²) in [5.41, 5.74) is -3.61. The van der Waals surface area contributed by atoms with E-state index in [1.807, 2.05) is 51.3 Å². The van der Waals surface area contributed by atoms with E-state index in [0.717, 1.165) is 12.1 Å². The molecule has 0 radical (unpaired) electrons. The molecular formula is C56H60Cl4F4N4O6. The number of aliphatic carboxylic acids is 2. The maximum absolute atomic E-state index is 15.7. The molecule has 74 heavy (non-hydrogen) atoms. The van der Waals surface area contributed by atoms with Crippen LogP contribution < -0.4 is 0 Å². The van der Waals surface area contributed by atoms with Gasteiger partial charge in [0.1, 0.15) is 34.1 Å². The molecule has 12 atom stereocenters. The predicted octanol–water partition coefficient (Wildman–Crippen LogP) is 12.0. The minimum atomic E-state index is -1.63. The summed E-state index contributed by atoms with van der Waals surface area (Å²) in [5.74, 6) is -8.08. The number of halogens is 8. The van der Waals surface area contributed by atoms with Crippen LogP contribution in [-0.4, -0.2) is 92.6 Å². The minimum absolute atomic E-state index is 0.0598. The summed E-state index contributed by atoms with van der Waals surface area (Å²) in [7, 11) is 0. The lowest BCUT2D eigenvalue weighted by Crippen LogP contribution is -2.47. The van der Waals surface area contributed by atoms with E-state index in [0.29, 0.717) is 25.7 Å². The number of aliphatic hydroxyl groups excluding tert-OH is 2. The van der Waals surface area contributed by atoms with Crippen LogP contribution in [0.2, 0.25) is 20.1 Å². The van der Waals surface area contributed by atoms with Crippen molar-refractivity contribution in [3.8, 4) is 12.1 Å². The van der Waals surface area contributed by atoms with Crippen molar-refractivity contribution in [2.24, 2.45) is 34.5 Å². The average molecular weight is 1100 g/mol. The van der Waals surface area contributed by atoms with E-state index >= 15 is 17.6 Å². The molecule has 2 saturated carbocycles. The van der Waals surface area contributed by atoms with Crippen LogP contribution in [0.3, 0.4) is 0 Å². The Hall–Kier alpha value is -4.48. The summed E-state index contributed by atoms with van der Waals surface area (Å²) >= 11 is 24.4. The van der Waals surface area contributed by atoms with E-state index in [-0.39, 0.29) is 78.1 Å². The topological polar surface area (TPSA) is 169 Å². The fourth-order valence-electron chi connectivity index (χ4n) is 12.3. The van der Waals surface area contributed by atoms with Crippen LogP contribution in [0.25, 0.3) is 0 Å². The summed E-state index contributed by atoms with van der Waals surface area (Å²) < 4.78 is 62.6. The van der Waals surface area contributed by atoms with Crippen molar-refractivity contribution < 1.29 is 47.6 Å². The fourth-order valence-corrected chi connectivity index (χ4v) is 13.0. The number of benzene rings is 4. The number of aliphatic hydroxyl groups is 2. The van der Waals surface area contributed by atoms with Crippen molar-refractivity contribution in [2.45, 2.75) is 114 Å². The summed E-state index contributed by atoms with van der Waals surface area (Å²) in [5, 5.41) is 62.3. The quantitative estimate of drug-likeness (QED) is 0.0892. The lowest BCUT2D eigenvalue weighted by atomic mass is 9.62. The van der Waals surface area contributed by atoms with E-state index in [4.69, 9.17) is 46.4 Å². The Morgan fingerprint density at radius 1 is 0.622 bits per heavy atom. The highest BCUT2D eigenvalue weighted by molar-refractivity contribution is 6.31. The van der Waals surface area contributed by atoms with Gasteiger partial charge in [-0.05, 0) is 95.9 Å². The zero-order chi connectivity index (χ0) is 54.6. The first-order valence-electron chi connectivity index (χ1n) is 24.5. The largest absolute Gasteiger partial charge is 0.481 e. The number of rotatable bonds is 14. The van der Waals surface area contributed by atoms with Gasteiger partial charge in [0.05, 0.1) is 47.2 Å². The predicted molar refractivity (Wildman–Crippen MR) is 275 cm³/mol. The van der Waals surface area contributed by atoms with E-state index < -0.39 is 107 Å². The van der Waals surface area contributed by atoms with Gasteiger partial charge in [-0.25, -0.2) is 17.6 Å². The molecule has 8 rings (SSSR count). The Morgan fingerprint density at radius 3 is 1.24 bits per heavy atom. The molecule has 4 aromatic carbocycles. The smallest absolute Gasteiger partial charge is 0.306 e. The van der Waals surface area contributed by atoms with Crippen LogP contribution in [0.5, 0.6) is 0 Å². The molecule has 4 aliphatic rings. The molecule has 0 bridgehead atoms. The third kappa shape index (κ3) is 10.9. The first-order chi connectivity index (χ1) is 34.7. The van der Waals surface area contributed by atoms with Gasteiger partial charge < -0.3 is 20.4 Å². The zero-order valence-corrected chi connectivity index (χ0v) is 44.8. The van der Waals surface area contributed by atoms with Crippen LogP contribution in [-0.2, 0) is 20.4 Å². The summed E-state index contributed by atoms with van der Waals surface area (Å²) in [4.78, 5) is 27.1. The van der Waals surface area contributed by atoms with Crippen LogP contribution in [0.4, 0.5) is 17.6 Å². The van der Waals surface area contributed by atoms with E-state index in [2.05, 4.69) is 12.1 Å². The van der Waals surface area contributed by atoms with Gasteiger partial charge in [0.2, 0.25) is 0 Å². The van der Waals surface area contributed by atoms with Crippen LogP contribution >= 0.6 is 46.4 Å². The van der Waals surface area contributed by atoms with E-state index in [9.17, 15) is 40.5 Å². The maximum atomic E-state index is 15.7. The van der Waals surface area contributed by atoms with Crippen LogP contribution in [0, 0.1) is 80.4 Å². The molecule has 0 amide bonds. The molecule has 1 unspecified atom stereocenters. The van der Waals surface area contributed by atoms with E-state index in [1.54, 1.807) is 12.1 Å². The Labute approximate surface area is 449 Å². The molecule has 4 N–H and O–H groups in total. The monoisotopic (exact) mass is 1100 g/mol. The van der Waals surface area contributed by atoms with Gasteiger partial charge in [0.15, 0.2) is 0 Å². The molecule has 10 nitrogen and oxygen atoms in total. The first kappa shape index (κ1) is 57.2. The zero-order valence-electron chi connectivity index (χ0n) is 41.8. The molecule has 396 valence electrons. The van der Waals surface area contributed by atoms with Crippen LogP contribution in [0.15, 0.2) is 72.8 Å². The SMILES string of the molecule is CC(C)(C)C[C@@H]1N(C[C@@H]2C[C@H]2C(=O)O)[C@@H](CO)[C@H](c2cccc(Cl)c2F)[C@@]1(C#N)c1ccc(Cl)cc1F.CC(C)(C)C[C@@H]1N(C[C@H]2CC2C(=O)O)[C@@H](CO)[C@H](c2cccc(Cl)c2F)[C@@]1(C#N)c1ccc(Cl)cc1F. The molecule has 0 aromatic heterocycles. The van der Waals surface area contributed by atoms with Crippen molar-refractivity contribution in [3.63, 3.8) is 0 Å². The third-order valence-electron chi connectivity index (χ3n) is 15.6. The van der Waals surface area contributed by atoms with Gasteiger partial charge in [-0.15, -0.1) is 0 Å². The molecule has 2 saturated heterocycles. The standard InChI is InChI=1S/2C28H30Cl2F2N2O3/c2*1-27(2,3)11-23-28(14-33,19-8-7-16(29)10-21(19)31)24(17-5-4-6-20(30)25(17)32)22(13-35)34(23)12-15-9-18(15)26(36)37/h2*4-8,10,15,18,22-24,35H,9,11-13H2,1-3H3,(H,36,37)/t15-,18?,22+,23+,24+,28+;15-,18+,22-,23-,24-,28-/m10/s1. The Balaban J connectivity index is 0.000000216. The molecule has 18 heteroatoms. The van der Waals surface area contributed by atoms with Crippen molar-refractivity contribution in [2.75, 3.05) is 26.3 Å². The Kier molecular flexibility index (Phi) is 16.9. The van der Waals surface area contributed by atoms with Crippen molar-refractivity contribution in [1.29, 1.82) is 10.5 Å². The number of hydrogen-bond donors (Lipinski definition) is 4. The van der Waals surface area contributed by atoms with Crippen molar-refractivity contribution in [1.82, 2.24) is 9.80 Å². The Bertz CT molecular complexity index is 2680. The molecule has 2 aliphatic heterocycles. The summed E-state index contributed by atoms with van der Waals surface area (Å²) in [6.07, 6.45) is 1.75.